The largest absolute Gasteiger partial charge is 0.756 e. The molecule has 0 spiro atoms. The average molecular weight is 726 g/mol. The first-order valence-corrected chi connectivity index (χ1v) is 21.3. The molecule has 9 heteroatoms. The van der Waals surface area contributed by atoms with E-state index < -0.39 is 13.9 Å². The van der Waals surface area contributed by atoms with Crippen LogP contribution in [0.2, 0.25) is 0 Å². The van der Waals surface area contributed by atoms with E-state index in [9.17, 15) is 14.3 Å². The lowest BCUT2D eigenvalue weighted by Gasteiger charge is -2.28. The molecule has 2 atom stereocenters. The lowest BCUT2D eigenvalue weighted by molar-refractivity contribution is -0.870. The number of carbonyl (C=O) groups is 1. The molecule has 0 aliphatic carbocycles. The molecule has 0 bridgehead atoms. The highest BCUT2D eigenvalue weighted by molar-refractivity contribution is 7.45. The Morgan fingerprint density at radius 2 is 1.14 bits per heavy atom. The first-order valence-electron chi connectivity index (χ1n) is 19.9. The van der Waals surface area contributed by atoms with Gasteiger partial charge in [-0.3, -0.25) is 9.36 Å². The molecule has 0 heterocycles. The van der Waals surface area contributed by atoms with Crippen molar-refractivity contribution < 1.29 is 37.3 Å². The smallest absolute Gasteiger partial charge is 0.306 e. The van der Waals surface area contributed by atoms with Crippen LogP contribution in [-0.2, 0) is 27.9 Å². The summed E-state index contributed by atoms with van der Waals surface area (Å²) in [6, 6.07) is 0. The van der Waals surface area contributed by atoms with Crippen molar-refractivity contribution in [2.75, 3.05) is 54.1 Å². The molecular formula is C41H76NO7P. The third-order valence-electron chi connectivity index (χ3n) is 8.08. The number of quaternary nitrogens is 1. The number of likely N-dealkylation sites (N-methyl/N-ethyl adjacent to an activating group) is 1. The van der Waals surface area contributed by atoms with Crippen molar-refractivity contribution in [3.8, 4) is 0 Å². The van der Waals surface area contributed by atoms with Gasteiger partial charge in [0.15, 0.2) is 0 Å². The van der Waals surface area contributed by atoms with Gasteiger partial charge in [-0.25, -0.2) is 0 Å². The van der Waals surface area contributed by atoms with Crippen LogP contribution in [-0.4, -0.2) is 70.7 Å². The van der Waals surface area contributed by atoms with Crippen molar-refractivity contribution in [3.05, 3.63) is 48.6 Å². The standard InChI is InChI=1S/C41H76NO7P/c1-6-8-10-12-14-16-18-20-22-24-26-28-30-32-34-41(43)49-40(39-48-50(44,45)47-37-35-42(3,4)5)38-46-36-33-31-29-27-25-23-21-19-17-15-13-11-9-7-2/h11-14,17-20,40H,6-10,15-16,21-39H2,1-5H3/b13-11-,14-12-,19-17-,20-18-. The normalized spacial score (nSPS) is 14.4. The van der Waals surface area contributed by atoms with E-state index in [-0.39, 0.29) is 25.8 Å². The quantitative estimate of drug-likeness (QED) is 0.0209. The summed E-state index contributed by atoms with van der Waals surface area (Å²) in [5.74, 6) is -0.355. The Morgan fingerprint density at radius 3 is 1.70 bits per heavy atom. The molecule has 0 aliphatic rings. The zero-order valence-electron chi connectivity index (χ0n) is 32.8. The number of phosphoric acid groups is 1. The Balaban J connectivity index is 4.34. The minimum absolute atomic E-state index is 0.0193. The number of carbonyl (C=O) groups excluding carboxylic acids is 1. The van der Waals surface area contributed by atoms with Crippen LogP contribution in [0.5, 0.6) is 0 Å². The van der Waals surface area contributed by atoms with Gasteiger partial charge in [0.2, 0.25) is 0 Å². The fourth-order valence-corrected chi connectivity index (χ4v) is 5.68. The van der Waals surface area contributed by atoms with E-state index in [2.05, 4.69) is 62.5 Å². The van der Waals surface area contributed by atoms with Crippen LogP contribution < -0.4 is 4.89 Å². The zero-order chi connectivity index (χ0) is 37.0. The number of nitrogens with zero attached hydrogens (tertiary/aromatic N) is 1. The maximum atomic E-state index is 12.6. The van der Waals surface area contributed by atoms with Gasteiger partial charge in [-0.1, -0.05) is 127 Å². The number of esters is 1. The Morgan fingerprint density at radius 1 is 0.620 bits per heavy atom. The molecule has 0 amide bonds. The van der Waals surface area contributed by atoms with Crippen molar-refractivity contribution in [2.45, 2.75) is 155 Å². The van der Waals surface area contributed by atoms with Crippen molar-refractivity contribution in [3.63, 3.8) is 0 Å². The Labute approximate surface area is 308 Å². The van der Waals surface area contributed by atoms with Crippen molar-refractivity contribution in [1.82, 2.24) is 0 Å². The van der Waals surface area contributed by atoms with Gasteiger partial charge in [-0.05, 0) is 64.2 Å². The van der Waals surface area contributed by atoms with Gasteiger partial charge in [0.1, 0.15) is 19.3 Å². The van der Waals surface area contributed by atoms with Crippen LogP contribution >= 0.6 is 7.82 Å². The van der Waals surface area contributed by atoms with Crippen molar-refractivity contribution >= 4 is 13.8 Å². The summed E-state index contributed by atoms with van der Waals surface area (Å²) in [6.45, 7) is 5.24. The molecule has 0 N–H and O–H groups in total. The third kappa shape index (κ3) is 37.7. The summed E-state index contributed by atoms with van der Waals surface area (Å²) in [6.07, 6.45) is 39.7. The second-order valence-corrected chi connectivity index (χ2v) is 15.7. The van der Waals surface area contributed by atoms with Gasteiger partial charge < -0.3 is 27.9 Å². The van der Waals surface area contributed by atoms with Crippen LogP contribution in [0.15, 0.2) is 48.6 Å². The molecule has 0 aliphatic heterocycles. The van der Waals surface area contributed by atoms with Gasteiger partial charge in [-0.15, -0.1) is 0 Å². The highest BCUT2D eigenvalue weighted by Crippen LogP contribution is 2.38. The maximum absolute atomic E-state index is 12.6. The number of unbranched alkanes of at least 4 members (excludes halogenated alkanes) is 14. The highest BCUT2D eigenvalue weighted by atomic mass is 31.2. The Hall–Kier alpha value is -1.54. The van der Waals surface area contributed by atoms with Gasteiger partial charge in [0.05, 0.1) is 34.4 Å². The molecule has 50 heavy (non-hydrogen) atoms. The Kier molecular flexibility index (Phi) is 33.5. The van der Waals surface area contributed by atoms with E-state index in [1.54, 1.807) is 0 Å². The fraction of sp³-hybridized carbons (Fsp3) is 0.780. The monoisotopic (exact) mass is 726 g/mol. The predicted molar refractivity (Wildman–Crippen MR) is 208 cm³/mol. The maximum Gasteiger partial charge on any atom is 0.306 e. The van der Waals surface area contributed by atoms with Crippen LogP contribution in [0.25, 0.3) is 0 Å². The van der Waals surface area contributed by atoms with Gasteiger partial charge in [0, 0.05) is 13.0 Å². The summed E-state index contributed by atoms with van der Waals surface area (Å²) < 4.78 is 34.4. The molecule has 292 valence electrons. The summed E-state index contributed by atoms with van der Waals surface area (Å²) in [4.78, 5) is 24.9. The summed E-state index contributed by atoms with van der Waals surface area (Å²) in [7, 11) is 1.33. The zero-order valence-corrected chi connectivity index (χ0v) is 33.7. The number of rotatable bonds is 36. The third-order valence-corrected chi connectivity index (χ3v) is 9.05. The Bertz CT molecular complexity index is 942. The van der Waals surface area contributed by atoms with E-state index >= 15 is 0 Å². The number of hydrogen-bond donors (Lipinski definition) is 0. The summed E-state index contributed by atoms with van der Waals surface area (Å²) >= 11 is 0. The average Bonchev–Trinajstić information content (AvgIpc) is 3.06. The van der Waals surface area contributed by atoms with Gasteiger partial charge in [0.25, 0.3) is 7.82 Å². The van der Waals surface area contributed by atoms with Gasteiger partial charge >= 0.3 is 5.97 Å². The minimum atomic E-state index is -4.53. The van der Waals surface area contributed by atoms with Crippen LogP contribution in [0.4, 0.5) is 0 Å². The number of ether oxygens (including phenoxy) is 2. The van der Waals surface area contributed by atoms with Gasteiger partial charge in [-0.2, -0.15) is 0 Å². The molecule has 0 aromatic carbocycles. The SMILES string of the molecule is CCC/C=C\C/C=C\CCCCCCCCOCC(COP(=O)([O-])OCC[N+](C)(C)C)OC(=O)CCCCCCC/C=C\C/C=C\CCCC. The van der Waals surface area contributed by atoms with Crippen LogP contribution in [0.1, 0.15) is 149 Å². The predicted octanol–water partition coefficient (Wildman–Crippen LogP) is 10.6. The molecular weight excluding hydrogens is 649 g/mol. The topological polar surface area (TPSA) is 94.1 Å². The number of hydrogen-bond acceptors (Lipinski definition) is 7. The van der Waals surface area contributed by atoms with E-state index in [0.29, 0.717) is 24.1 Å². The number of allylic oxidation sites excluding steroid dienone is 8. The van der Waals surface area contributed by atoms with Crippen molar-refractivity contribution in [1.29, 1.82) is 0 Å². The van der Waals surface area contributed by atoms with Crippen LogP contribution in [0, 0.1) is 0 Å². The summed E-state index contributed by atoms with van der Waals surface area (Å²) in [5.41, 5.74) is 0. The first kappa shape index (κ1) is 48.5. The van der Waals surface area contributed by atoms with E-state index in [0.717, 1.165) is 83.5 Å². The van der Waals surface area contributed by atoms with Crippen molar-refractivity contribution in [2.24, 2.45) is 0 Å². The minimum Gasteiger partial charge on any atom is -0.756 e. The molecule has 0 rings (SSSR count). The summed E-state index contributed by atoms with van der Waals surface area (Å²) in [5, 5.41) is 0. The molecule has 8 nitrogen and oxygen atoms in total. The molecule has 0 fully saturated rings. The molecule has 0 radical (unpaired) electrons. The number of phosphoric ester groups is 1. The molecule has 0 saturated heterocycles. The molecule has 2 unspecified atom stereocenters. The lowest BCUT2D eigenvalue weighted by Crippen LogP contribution is -2.37. The fourth-order valence-electron chi connectivity index (χ4n) is 4.95. The highest BCUT2D eigenvalue weighted by Gasteiger charge is 2.20. The molecule has 0 aromatic heterocycles. The second-order valence-electron chi connectivity index (χ2n) is 14.3. The molecule has 0 aromatic rings. The van der Waals surface area contributed by atoms with E-state index in [4.69, 9.17) is 18.5 Å². The van der Waals surface area contributed by atoms with Crippen LogP contribution in [0.3, 0.4) is 0 Å². The lowest BCUT2D eigenvalue weighted by atomic mass is 10.1. The first-order chi connectivity index (χ1) is 24.1. The molecule has 0 saturated carbocycles. The van der Waals surface area contributed by atoms with E-state index in [1.165, 1.54) is 44.9 Å². The second kappa shape index (κ2) is 34.5. The van der Waals surface area contributed by atoms with E-state index in [1.807, 2.05) is 21.1 Å².